The number of carbonyl (C=O) groups excluding carboxylic acids is 2. The van der Waals surface area contributed by atoms with Gasteiger partial charge < -0.3 is 24.7 Å². The Morgan fingerprint density at radius 1 is 0.912 bits per heavy atom. The number of aromatic nitrogens is 2. The minimum Gasteiger partial charge on any atom is -0.493 e. The van der Waals surface area contributed by atoms with Crippen LogP contribution in [0.5, 0.6) is 17.2 Å². The summed E-state index contributed by atoms with van der Waals surface area (Å²) < 4.78 is 13.0. The number of methoxy groups -OCH3 is 1. The van der Waals surface area contributed by atoms with Crippen molar-refractivity contribution in [1.82, 2.24) is 9.55 Å². The summed E-state index contributed by atoms with van der Waals surface area (Å²) in [5.74, 6) is 1.42. The van der Waals surface area contributed by atoms with Crippen molar-refractivity contribution in [3.8, 4) is 17.2 Å². The van der Waals surface area contributed by atoms with Crippen LogP contribution >= 0.6 is 0 Å². The Balaban J connectivity index is 1.33. The third-order valence-corrected chi connectivity index (χ3v) is 4.97. The lowest BCUT2D eigenvalue weighted by Gasteiger charge is -2.11. The SMILES string of the molecule is COc1ccccc1Oc1ccc(NC(=O)c2cccc(NC(=O)CCn3ccnc3)c2)cc1. The fourth-order valence-electron chi connectivity index (χ4n) is 3.25. The number of para-hydroxylation sites is 2. The summed E-state index contributed by atoms with van der Waals surface area (Å²) in [6.45, 7) is 0.531. The molecule has 4 rings (SSSR count). The van der Waals surface area contributed by atoms with Crippen molar-refractivity contribution in [3.63, 3.8) is 0 Å². The number of anilines is 2. The van der Waals surface area contributed by atoms with Gasteiger partial charge in [0.05, 0.1) is 13.4 Å². The van der Waals surface area contributed by atoms with Crippen molar-refractivity contribution < 1.29 is 19.1 Å². The molecule has 8 heteroatoms. The maximum Gasteiger partial charge on any atom is 0.255 e. The van der Waals surface area contributed by atoms with E-state index in [1.165, 1.54) is 0 Å². The fourth-order valence-corrected chi connectivity index (χ4v) is 3.25. The predicted octanol–water partition coefficient (Wildman–Crippen LogP) is 4.97. The average Bonchev–Trinajstić information content (AvgIpc) is 3.38. The average molecular weight is 457 g/mol. The van der Waals surface area contributed by atoms with Crippen LogP contribution in [0.15, 0.2) is 91.5 Å². The Labute approximate surface area is 197 Å². The molecule has 0 saturated heterocycles. The van der Waals surface area contributed by atoms with Gasteiger partial charge in [0.15, 0.2) is 11.5 Å². The van der Waals surface area contributed by atoms with E-state index < -0.39 is 0 Å². The first-order chi connectivity index (χ1) is 16.6. The number of nitrogens with one attached hydrogen (secondary N) is 2. The lowest BCUT2D eigenvalue weighted by molar-refractivity contribution is -0.116. The van der Waals surface area contributed by atoms with Gasteiger partial charge in [-0.1, -0.05) is 18.2 Å². The Morgan fingerprint density at radius 3 is 2.44 bits per heavy atom. The van der Waals surface area contributed by atoms with Crippen molar-refractivity contribution in [2.45, 2.75) is 13.0 Å². The quantitative estimate of drug-likeness (QED) is 0.371. The lowest BCUT2D eigenvalue weighted by Crippen LogP contribution is -2.15. The van der Waals surface area contributed by atoms with Gasteiger partial charge in [-0.2, -0.15) is 0 Å². The molecule has 0 unspecified atom stereocenters. The summed E-state index contributed by atoms with van der Waals surface area (Å²) in [6.07, 6.45) is 5.43. The highest BCUT2D eigenvalue weighted by molar-refractivity contribution is 6.05. The maximum atomic E-state index is 12.7. The Morgan fingerprint density at radius 2 is 1.71 bits per heavy atom. The monoisotopic (exact) mass is 456 g/mol. The third-order valence-electron chi connectivity index (χ3n) is 4.97. The smallest absolute Gasteiger partial charge is 0.255 e. The summed E-state index contributed by atoms with van der Waals surface area (Å²) >= 11 is 0. The van der Waals surface area contributed by atoms with Crippen LogP contribution in [0.2, 0.25) is 0 Å². The number of benzene rings is 3. The number of rotatable bonds is 9. The van der Waals surface area contributed by atoms with Gasteiger partial charge in [0.1, 0.15) is 5.75 Å². The van der Waals surface area contributed by atoms with Crippen LogP contribution in [0.25, 0.3) is 0 Å². The molecule has 0 spiro atoms. The third kappa shape index (κ3) is 6.01. The lowest BCUT2D eigenvalue weighted by atomic mass is 10.1. The topological polar surface area (TPSA) is 94.5 Å². The highest BCUT2D eigenvalue weighted by atomic mass is 16.5. The molecule has 0 aliphatic rings. The minimum atomic E-state index is -0.284. The Kier molecular flexibility index (Phi) is 7.19. The molecule has 4 aromatic rings. The standard InChI is InChI=1S/C26H24N4O4/c1-33-23-7-2-3-8-24(23)34-22-11-9-20(10-12-22)29-26(32)19-5-4-6-21(17-19)28-25(31)13-15-30-16-14-27-18-30/h2-12,14,16-18H,13,15H2,1H3,(H,28,31)(H,29,32). The fraction of sp³-hybridized carbons (Fsp3) is 0.115. The molecule has 2 N–H and O–H groups in total. The molecule has 0 bridgehead atoms. The molecule has 8 nitrogen and oxygen atoms in total. The predicted molar refractivity (Wildman–Crippen MR) is 129 cm³/mol. The molecule has 0 saturated carbocycles. The summed E-state index contributed by atoms with van der Waals surface area (Å²) in [4.78, 5) is 28.9. The molecular formula is C26H24N4O4. The Hall–Kier alpha value is -4.59. The second-order valence-corrected chi connectivity index (χ2v) is 7.41. The highest BCUT2D eigenvalue weighted by Crippen LogP contribution is 2.31. The second kappa shape index (κ2) is 10.8. The van der Waals surface area contributed by atoms with Crippen LogP contribution < -0.4 is 20.1 Å². The van der Waals surface area contributed by atoms with Crippen LogP contribution in [-0.2, 0) is 11.3 Å². The largest absolute Gasteiger partial charge is 0.493 e. The van der Waals surface area contributed by atoms with Gasteiger partial charge in [-0.25, -0.2) is 4.98 Å². The van der Waals surface area contributed by atoms with Gasteiger partial charge in [0, 0.05) is 42.3 Å². The number of hydrogen-bond acceptors (Lipinski definition) is 5. The molecule has 0 fully saturated rings. The van der Waals surface area contributed by atoms with E-state index in [2.05, 4.69) is 15.6 Å². The molecule has 0 aliphatic carbocycles. The van der Waals surface area contributed by atoms with E-state index in [9.17, 15) is 9.59 Å². The van der Waals surface area contributed by atoms with E-state index in [-0.39, 0.29) is 11.8 Å². The first-order valence-corrected chi connectivity index (χ1v) is 10.7. The van der Waals surface area contributed by atoms with Crippen LogP contribution in [0.3, 0.4) is 0 Å². The molecule has 34 heavy (non-hydrogen) atoms. The molecule has 172 valence electrons. The number of hydrogen-bond donors (Lipinski definition) is 2. The minimum absolute atomic E-state index is 0.142. The summed E-state index contributed by atoms with van der Waals surface area (Å²) in [7, 11) is 1.59. The van der Waals surface area contributed by atoms with Gasteiger partial charge in [0.2, 0.25) is 5.91 Å². The van der Waals surface area contributed by atoms with Gasteiger partial charge >= 0.3 is 0 Å². The van der Waals surface area contributed by atoms with Gasteiger partial charge in [-0.05, 0) is 54.6 Å². The van der Waals surface area contributed by atoms with E-state index in [1.807, 2.05) is 28.8 Å². The molecule has 2 amide bonds. The number of amides is 2. The van der Waals surface area contributed by atoms with Crippen molar-refractivity contribution in [1.29, 1.82) is 0 Å². The number of carbonyl (C=O) groups is 2. The highest BCUT2D eigenvalue weighted by Gasteiger charge is 2.10. The van der Waals surface area contributed by atoms with E-state index in [1.54, 1.807) is 74.4 Å². The molecule has 0 radical (unpaired) electrons. The number of aryl methyl sites for hydroxylation is 1. The summed E-state index contributed by atoms with van der Waals surface area (Å²) in [6, 6.07) is 21.2. The maximum absolute atomic E-state index is 12.7. The molecule has 1 aromatic heterocycles. The van der Waals surface area contributed by atoms with E-state index in [0.717, 1.165) is 0 Å². The van der Waals surface area contributed by atoms with Crippen LogP contribution in [0.4, 0.5) is 11.4 Å². The number of imidazole rings is 1. The van der Waals surface area contributed by atoms with Gasteiger partial charge in [-0.15, -0.1) is 0 Å². The van der Waals surface area contributed by atoms with Crippen LogP contribution in [0, 0.1) is 0 Å². The normalized spacial score (nSPS) is 10.4. The van der Waals surface area contributed by atoms with Crippen LogP contribution in [-0.4, -0.2) is 28.5 Å². The molecule has 0 aliphatic heterocycles. The first-order valence-electron chi connectivity index (χ1n) is 10.7. The zero-order valence-electron chi connectivity index (χ0n) is 18.6. The Bertz CT molecular complexity index is 1250. The number of nitrogens with zero attached hydrogens (tertiary/aromatic N) is 2. The van der Waals surface area contributed by atoms with Crippen molar-refractivity contribution in [3.05, 3.63) is 97.1 Å². The zero-order valence-corrected chi connectivity index (χ0v) is 18.6. The van der Waals surface area contributed by atoms with Crippen LogP contribution in [0.1, 0.15) is 16.8 Å². The van der Waals surface area contributed by atoms with E-state index in [4.69, 9.17) is 9.47 Å². The first kappa shape index (κ1) is 22.6. The molecule has 1 heterocycles. The molecule has 0 atom stereocenters. The molecular weight excluding hydrogens is 432 g/mol. The van der Waals surface area contributed by atoms with Crippen molar-refractivity contribution in [2.24, 2.45) is 0 Å². The molecule has 3 aromatic carbocycles. The second-order valence-electron chi connectivity index (χ2n) is 7.41. The van der Waals surface area contributed by atoms with E-state index >= 15 is 0 Å². The van der Waals surface area contributed by atoms with Gasteiger partial charge in [0.25, 0.3) is 5.91 Å². The van der Waals surface area contributed by atoms with Gasteiger partial charge in [-0.3, -0.25) is 9.59 Å². The number of ether oxygens (including phenoxy) is 2. The summed E-state index contributed by atoms with van der Waals surface area (Å²) in [5, 5.41) is 5.68. The summed E-state index contributed by atoms with van der Waals surface area (Å²) in [5.41, 5.74) is 1.61. The van der Waals surface area contributed by atoms with Crippen molar-refractivity contribution >= 4 is 23.2 Å². The van der Waals surface area contributed by atoms with E-state index in [0.29, 0.717) is 47.2 Å². The zero-order chi connectivity index (χ0) is 23.8. The van der Waals surface area contributed by atoms with Crippen molar-refractivity contribution in [2.75, 3.05) is 17.7 Å².